The Morgan fingerprint density at radius 3 is 2.95 bits per heavy atom. The fraction of sp³-hybridized carbons (Fsp3) is 0.188. The molecule has 1 atom stereocenters. The molecule has 1 aliphatic heterocycles. The molecule has 0 saturated carbocycles. The smallest absolute Gasteiger partial charge is 0.243 e. The molecule has 110 valence electrons. The van der Waals surface area contributed by atoms with E-state index in [1.165, 1.54) is 0 Å². The summed E-state index contributed by atoms with van der Waals surface area (Å²) in [6.07, 6.45) is 1.86. The molecule has 0 radical (unpaired) electrons. The maximum absolute atomic E-state index is 12.3. The van der Waals surface area contributed by atoms with Crippen molar-refractivity contribution in [2.24, 2.45) is 0 Å². The molecule has 1 amide bonds. The molecule has 1 fully saturated rings. The van der Waals surface area contributed by atoms with Crippen LogP contribution in [-0.2, 0) is 9.59 Å². The molecule has 0 bridgehead atoms. The van der Waals surface area contributed by atoms with Gasteiger partial charge < -0.3 is 15.6 Å². The second-order valence-electron chi connectivity index (χ2n) is 5.50. The van der Waals surface area contributed by atoms with Crippen LogP contribution in [0, 0.1) is 0 Å². The van der Waals surface area contributed by atoms with Crippen molar-refractivity contribution >= 4 is 39.3 Å². The zero-order valence-corrected chi connectivity index (χ0v) is 11.7. The average molecular weight is 294 g/mol. The number of pyridine rings is 1. The van der Waals surface area contributed by atoms with Gasteiger partial charge in [-0.25, -0.2) is 4.98 Å². The number of Topliss-reactive ketones (excluding diaryl/α,β-unsaturated/α-hetero) is 1. The van der Waals surface area contributed by atoms with E-state index in [2.05, 4.69) is 10.3 Å². The Morgan fingerprint density at radius 1 is 1.23 bits per heavy atom. The lowest BCUT2D eigenvalue weighted by atomic mass is 10.1. The molecule has 0 aliphatic carbocycles. The number of piperidine rings is 1. The lowest BCUT2D eigenvalue weighted by Crippen LogP contribution is -2.42. The molecule has 3 N–H and O–H groups in total. The molecule has 2 aromatic heterocycles. The predicted octanol–water partition coefficient (Wildman–Crippen LogP) is 1.40. The Balaban J connectivity index is 2.07. The number of hydrogen-bond donors (Lipinski definition) is 2. The molecule has 1 aliphatic rings. The number of rotatable bonds is 1. The minimum absolute atomic E-state index is 0.0134. The van der Waals surface area contributed by atoms with Crippen LogP contribution in [0.4, 0.5) is 5.69 Å². The highest BCUT2D eigenvalue weighted by Gasteiger charge is 2.31. The summed E-state index contributed by atoms with van der Waals surface area (Å²) in [4.78, 5) is 28.5. The first-order chi connectivity index (χ1) is 10.6. The van der Waals surface area contributed by atoms with E-state index in [-0.39, 0.29) is 24.7 Å². The highest BCUT2D eigenvalue weighted by molar-refractivity contribution is 6.09. The number of hydrogen-bond acceptors (Lipinski definition) is 4. The van der Waals surface area contributed by atoms with E-state index in [9.17, 15) is 9.59 Å². The molecular formula is C16H14N4O2. The van der Waals surface area contributed by atoms with Crippen LogP contribution in [-0.4, -0.2) is 27.8 Å². The van der Waals surface area contributed by atoms with Gasteiger partial charge in [-0.3, -0.25) is 9.59 Å². The molecular weight excluding hydrogens is 280 g/mol. The van der Waals surface area contributed by atoms with Gasteiger partial charge in [0.1, 0.15) is 11.7 Å². The van der Waals surface area contributed by atoms with Crippen molar-refractivity contribution in [1.82, 2.24) is 14.9 Å². The zero-order chi connectivity index (χ0) is 15.3. The predicted molar refractivity (Wildman–Crippen MR) is 83.3 cm³/mol. The van der Waals surface area contributed by atoms with Crippen molar-refractivity contribution in [3.05, 3.63) is 36.5 Å². The van der Waals surface area contributed by atoms with Crippen LogP contribution in [0.15, 0.2) is 36.5 Å². The summed E-state index contributed by atoms with van der Waals surface area (Å²) in [6, 6.07) is 8.80. The monoisotopic (exact) mass is 294 g/mol. The largest absolute Gasteiger partial charge is 0.399 e. The summed E-state index contributed by atoms with van der Waals surface area (Å²) in [5.41, 5.74) is 8.03. The summed E-state index contributed by atoms with van der Waals surface area (Å²) in [5, 5.41) is 4.57. The number of benzene rings is 1. The first kappa shape index (κ1) is 12.8. The van der Waals surface area contributed by atoms with Gasteiger partial charge in [-0.2, -0.15) is 0 Å². The van der Waals surface area contributed by atoms with E-state index in [1.807, 2.05) is 34.9 Å². The standard InChI is InChI=1S/C16H14N4O2/c17-9-3-4-11-12-2-1-5-18-15(12)20(13(11)6-9)14-7-10(21)8-19-16(14)22/h1-6,14H,7-8,17H2,(H,19,22). The lowest BCUT2D eigenvalue weighted by molar-refractivity contribution is -0.133. The summed E-state index contributed by atoms with van der Waals surface area (Å²) in [7, 11) is 0. The number of anilines is 1. The van der Waals surface area contributed by atoms with Crippen LogP contribution in [0.25, 0.3) is 21.9 Å². The second-order valence-corrected chi connectivity index (χ2v) is 5.50. The van der Waals surface area contributed by atoms with Gasteiger partial charge in [-0.15, -0.1) is 0 Å². The number of nitrogens with one attached hydrogen (secondary N) is 1. The fourth-order valence-electron chi connectivity index (χ4n) is 3.10. The first-order valence-corrected chi connectivity index (χ1v) is 7.09. The number of amides is 1. The normalized spacial score (nSPS) is 18.8. The van der Waals surface area contributed by atoms with Crippen molar-refractivity contribution in [1.29, 1.82) is 0 Å². The van der Waals surface area contributed by atoms with E-state index >= 15 is 0 Å². The van der Waals surface area contributed by atoms with Gasteiger partial charge in [-0.1, -0.05) is 6.07 Å². The molecule has 1 unspecified atom stereocenters. The topological polar surface area (TPSA) is 90.0 Å². The molecule has 6 heteroatoms. The van der Waals surface area contributed by atoms with Crippen molar-refractivity contribution in [2.75, 3.05) is 12.3 Å². The van der Waals surface area contributed by atoms with Crippen LogP contribution in [0.1, 0.15) is 12.5 Å². The van der Waals surface area contributed by atoms with E-state index in [0.29, 0.717) is 11.3 Å². The summed E-state index contributed by atoms with van der Waals surface area (Å²) < 4.78 is 1.83. The molecule has 3 aromatic rings. The number of ketones is 1. The van der Waals surface area contributed by atoms with Gasteiger partial charge in [0, 0.05) is 29.1 Å². The van der Waals surface area contributed by atoms with Crippen molar-refractivity contribution < 1.29 is 9.59 Å². The molecule has 1 aromatic carbocycles. The van der Waals surface area contributed by atoms with Crippen LogP contribution in [0.5, 0.6) is 0 Å². The van der Waals surface area contributed by atoms with E-state index < -0.39 is 6.04 Å². The number of carbonyl (C=O) groups excluding carboxylic acids is 2. The minimum Gasteiger partial charge on any atom is -0.399 e. The van der Waals surface area contributed by atoms with Crippen molar-refractivity contribution in [3.8, 4) is 0 Å². The highest BCUT2D eigenvalue weighted by atomic mass is 16.2. The quantitative estimate of drug-likeness (QED) is 0.664. The Labute approximate surface area is 125 Å². The number of nitrogens with zero attached hydrogens (tertiary/aromatic N) is 2. The zero-order valence-electron chi connectivity index (χ0n) is 11.7. The van der Waals surface area contributed by atoms with E-state index in [4.69, 9.17) is 5.73 Å². The van der Waals surface area contributed by atoms with Crippen molar-refractivity contribution in [2.45, 2.75) is 12.5 Å². The Morgan fingerprint density at radius 2 is 2.09 bits per heavy atom. The minimum atomic E-state index is -0.585. The van der Waals surface area contributed by atoms with Crippen LogP contribution in [0.2, 0.25) is 0 Å². The van der Waals surface area contributed by atoms with Gasteiger partial charge in [0.05, 0.1) is 12.1 Å². The molecule has 22 heavy (non-hydrogen) atoms. The third kappa shape index (κ3) is 1.77. The second kappa shape index (κ2) is 4.56. The summed E-state index contributed by atoms with van der Waals surface area (Å²) in [6.45, 7) is 0.0992. The maximum atomic E-state index is 12.3. The number of nitrogen functional groups attached to an aromatic ring is 1. The van der Waals surface area contributed by atoms with Gasteiger partial charge >= 0.3 is 0 Å². The Kier molecular flexibility index (Phi) is 2.66. The lowest BCUT2D eigenvalue weighted by Gasteiger charge is -2.23. The Hall–Kier alpha value is -2.89. The van der Waals surface area contributed by atoms with Crippen molar-refractivity contribution in [3.63, 3.8) is 0 Å². The molecule has 1 saturated heterocycles. The number of carbonyl (C=O) groups is 2. The molecule has 0 spiro atoms. The molecule has 4 rings (SSSR count). The third-order valence-corrected chi connectivity index (χ3v) is 4.08. The van der Waals surface area contributed by atoms with Gasteiger partial charge in [-0.05, 0) is 24.3 Å². The van der Waals surface area contributed by atoms with E-state index in [0.717, 1.165) is 16.3 Å². The number of fused-ring (bicyclic) bond motifs is 3. The van der Waals surface area contributed by atoms with Crippen LogP contribution in [0.3, 0.4) is 0 Å². The SMILES string of the molecule is Nc1ccc2c3cccnc3n(C3CC(=O)CNC3=O)c2c1. The first-order valence-electron chi connectivity index (χ1n) is 7.09. The average Bonchev–Trinajstić information content (AvgIpc) is 2.83. The number of aromatic nitrogens is 2. The number of nitrogens with two attached hydrogens (primary N) is 1. The van der Waals surface area contributed by atoms with Gasteiger partial charge in [0.15, 0.2) is 5.78 Å². The fourth-order valence-corrected chi connectivity index (χ4v) is 3.10. The van der Waals surface area contributed by atoms with Crippen LogP contribution >= 0.6 is 0 Å². The van der Waals surface area contributed by atoms with Gasteiger partial charge in [0.2, 0.25) is 5.91 Å². The van der Waals surface area contributed by atoms with Crippen LogP contribution < -0.4 is 11.1 Å². The summed E-state index contributed by atoms with van der Waals surface area (Å²) in [5.74, 6) is -0.147. The third-order valence-electron chi connectivity index (χ3n) is 4.08. The Bertz CT molecular complexity index is 928. The summed E-state index contributed by atoms with van der Waals surface area (Å²) >= 11 is 0. The maximum Gasteiger partial charge on any atom is 0.243 e. The molecule has 6 nitrogen and oxygen atoms in total. The molecule has 3 heterocycles. The van der Waals surface area contributed by atoms with E-state index in [1.54, 1.807) is 6.20 Å². The van der Waals surface area contributed by atoms with Gasteiger partial charge in [0.25, 0.3) is 0 Å². The highest BCUT2D eigenvalue weighted by Crippen LogP contribution is 2.33.